The zero-order chi connectivity index (χ0) is 21.7. The van der Waals surface area contributed by atoms with Crippen LogP contribution in [0.25, 0.3) is 0 Å². The molecule has 0 saturated carbocycles. The Balaban J connectivity index is 4.44. The number of nitrogens with one attached hydrogen (secondary N) is 1. The Kier molecular flexibility index (Phi) is 11.7. The van der Waals surface area contributed by atoms with Crippen LogP contribution in [0.5, 0.6) is 0 Å². The first-order chi connectivity index (χ1) is 13.0. The van der Waals surface area contributed by atoms with Gasteiger partial charge in [0.05, 0.1) is 12.6 Å². The van der Waals surface area contributed by atoms with Crippen molar-refractivity contribution in [1.29, 1.82) is 0 Å². The Morgan fingerprint density at radius 2 is 1.50 bits per heavy atom. The van der Waals surface area contributed by atoms with Crippen LogP contribution in [0.3, 0.4) is 0 Å². The Morgan fingerprint density at radius 1 is 1.00 bits per heavy atom. The van der Waals surface area contributed by atoms with E-state index in [9.17, 15) is 19.5 Å². The number of carbonyl (C=O) groups excluding carboxylic acids is 2. The molecule has 0 heterocycles. The van der Waals surface area contributed by atoms with Gasteiger partial charge in [-0.15, -0.1) is 0 Å². The van der Waals surface area contributed by atoms with Crippen molar-refractivity contribution < 1.29 is 19.5 Å². The van der Waals surface area contributed by atoms with Gasteiger partial charge < -0.3 is 44.0 Å². The second-order valence-electron chi connectivity index (χ2n) is 6.16. The largest absolute Gasteiger partial charge is 0.480 e. The highest BCUT2D eigenvalue weighted by Crippen LogP contribution is 2.01. The molecule has 0 bridgehead atoms. The minimum Gasteiger partial charge on any atom is -0.480 e. The molecule has 0 aliphatic heterocycles. The number of nitrogens with two attached hydrogens (primary N) is 5. The first kappa shape index (κ1) is 24.9. The van der Waals surface area contributed by atoms with Crippen molar-refractivity contribution in [2.75, 3.05) is 26.7 Å². The number of hydrogen-bond donors (Lipinski definition) is 7. The van der Waals surface area contributed by atoms with Crippen LogP contribution in [0.2, 0.25) is 0 Å². The van der Waals surface area contributed by atoms with Gasteiger partial charge in [-0.25, -0.2) is 4.79 Å². The number of nitrogens with zero attached hydrogens (tertiary/aromatic N) is 3. The van der Waals surface area contributed by atoms with Crippen LogP contribution in [-0.2, 0) is 14.4 Å². The molecular weight excluding hydrogens is 370 g/mol. The van der Waals surface area contributed by atoms with E-state index in [4.69, 9.17) is 28.7 Å². The van der Waals surface area contributed by atoms with Gasteiger partial charge in [0, 0.05) is 20.1 Å². The normalized spacial score (nSPS) is 12.4. The summed E-state index contributed by atoms with van der Waals surface area (Å²) in [5.74, 6) is -2.38. The monoisotopic (exact) mass is 401 g/mol. The maximum atomic E-state index is 12.2. The second-order valence-corrected chi connectivity index (χ2v) is 6.16. The van der Waals surface area contributed by atoms with E-state index in [0.29, 0.717) is 25.8 Å². The Morgan fingerprint density at radius 3 is 1.96 bits per heavy atom. The summed E-state index contributed by atoms with van der Waals surface area (Å²) >= 11 is 0. The van der Waals surface area contributed by atoms with Crippen molar-refractivity contribution in [2.24, 2.45) is 38.7 Å². The minimum absolute atomic E-state index is 0.0417. The SMILES string of the molecule is CN(CC(=O)N[C@@H](CCCN=C(N)N)C(=O)O)C(=O)[C@@H](N)CCCN=C(N)N. The van der Waals surface area contributed by atoms with Gasteiger partial charge in [-0.1, -0.05) is 0 Å². The predicted molar refractivity (Wildman–Crippen MR) is 105 cm³/mol. The molecule has 0 rings (SSSR count). The van der Waals surface area contributed by atoms with Crippen LogP contribution in [0, 0.1) is 0 Å². The third kappa shape index (κ3) is 11.5. The molecule has 28 heavy (non-hydrogen) atoms. The molecule has 0 saturated heterocycles. The predicted octanol–water partition coefficient (Wildman–Crippen LogP) is -3.55. The van der Waals surface area contributed by atoms with Gasteiger partial charge in [0.2, 0.25) is 11.8 Å². The highest BCUT2D eigenvalue weighted by atomic mass is 16.4. The average Bonchev–Trinajstić information content (AvgIpc) is 2.59. The number of carboxylic acids is 1. The number of hydrogen-bond acceptors (Lipinski definition) is 6. The third-order valence-electron chi connectivity index (χ3n) is 3.62. The quantitative estimate of drug-likeness (QED) is 0.0915. The van der Waals surface area contributed by atoms with Crippen molar-refractivity contribution in [3.05, 3.63) is 0 Å². The van der Waals surface area contributed by atoms with E-state index in [-0.39, 0.29) is 31.4 Å². The molecule has 0 radical (unpaired) electrons. The van der Waals surface area contributed by atoms with Gasteiger partial charge in [0.25, 0.3) is 0 Å². The maximum Gasteiger partial charge on any atom is 0.326 e. The van der Waals surface area contributed by atoms with Crippen LogP contribution in [0.4, 0.5) is 0 Å². The molecule has 0 aromatic heterocycles. The lowest BCUT2D eigenvalue weighted by atomic mass is 10.1. The van der Waals surface area contributed by atoms with Gasteiger partial charge in [-0.2, -0.15) is 0 Å². The fourth-order valence-corrected chi connectivity index (χ4v) is 2.22. The summed E-state index contributed by atoms with van der Waals surface area (Å²) in [5.41, 5.74) is 26.6. The van der Waals surface area contributed by atoms with Gasteiger partial charge in [-0.05, 0) is 25.7 Å². The van der Waals surface area contributed by atoms with Crippen molar-refractivity contribution in [3.8, 4) is 0 Å². The van der Waals surface area contributed by atoms with E-state index < -0.39 is 29.9 Å². The van der Waals surface area contributed by atoms with Crippen LogP contribution in [0.1, 0.15) is 25.7 Å². The molecule has 0 unspecified atom stereocenters. The van der Waals surface area contributed by atoms with E-state index in [0.717, 1.165) is 4.90 Å². The van der Waals surface area contributed by atoms with Crippen LogP contribution in [-0.4, -0.2) is 78.5 Å². The number of carbonyl (C=O) groups is 3. The zero-order valence-corrected chi connectivity index (χ0v) is 16.0. The number of aliphatic carboxylic acids is 1. The summed E-state index contributed by atoms with van der Waals surface area (Å²) in [5, 5.41) is 11.6. The number of likely N-dealkylation sites (N-methyl/N-ethyl adjacent to an activating group) is 1. The number of carboxylic acid groups (broad SMARTS) is 1. The molecule has 0 fully saturated rings. The fourth-order valence-electron chi connectivity index (χ4n) is 2.22. The van der Waals surface area contributed by atoms with Gasteiger partial charge in [0.15, 0.2) is 11.9 Å². The minimum atomic E-state index is -1.19. The lowest BCUT2D eigenvalue weighted by molar-refractivity contribution is -0.142. The summed E-state index contributed by atoms with van der Waals surface area (Å²) in [7, 11) is 1.41. The standard InChI is InChI=1S/C15H31N9O4/c1-24(12(26)9(16)4-2-6-21-14(17)18)8-11(25)23-10(13(27)28)5-3-7-22-15(19)20/h9-10H,2-8,16H2,1H3,(H,23,25)(H,27,28)(H4,17,18,21)(H4,19,20,22)/t9-,10-/m0/s1. The topological polar surface area (TPSA) is 242 Å². The van der Waals surface area contributed by atoms with E-state index in [1.165, 1.54) is 7.05 Å². The summed E-state index contributed by atoms with van der Waals surface area (Å²) in [6.07, 6.45) is 1.34. The first-order valence-electron chi connectivity index (χ1n) is 8.68. The highest BCUT2D eigenvalue weighted by Gasteiger charge is 2.23. The molecule has 0 aliphatic rings. The van der Waals surface area contributed by atoms with Crippen LogP contribution in [0.15, 0.2) is 9.98 Å². The molecule has 0 aromatic rings. The molecule has 0 aromatic carbocycles. The van der Waals surface area contributed by atoms with Gasteiger partial charge in [0.1, 0.15) is 6.04 Å². The molecule has 13 nitrogen and oxygen atoms in total. The Hall–Kier alpha value is -3.09. The summed E-state index contributed by atoms with van der Waals surface area (Å²) in [6.45, 7) is 0.265. The summed E-state index contributed by atoms with van der Waals surface area (Å²) in [4.78, 5) is 44.2. The number of amides is 2. The fraction of sp³-hybridized carbons (Fsp3) is 0.667. The molecule has 2 amide bonds. The lowest BCUT2D eigenvalue weighted by Gasteiger charge is -2.22. The molecule has 13 heteroatoms. The summed E-state index contributed by atoms with van der Waals surface area (Å²) < 4.78 is 0. The highest BCUT2D eigenvalue weighted by molar-refractivity contribution is 5.89. The first-order valence-corrected chi connectivity index (χ1v) is 8.68. The molecule has 2 atom stereocenters. The maximum absolute atomic E-state index is 12.2. The van der Waals surface area contributed by atoms with E-state index >= 15 is 0 Å². The summed E-state index contributed by atoms with van der Waals surface area (Å²) in [6, 6.07) is -1.93. The van der Waals surface area contributed by atoms with Crippen molar-refractivity contribution in [2.45, 2.75) is 37.8 Å². The molecule has 12 N–H and O–H groups in total. The van der Waals surface area contributed by atoms with Crippen LogP contribution >= 0.6 is 0 Å². The Bertz CT molecular complexity index is 586. The van der Waals surface area contributed by atoms with E-state index in [1.54, 1.807) is 0 Å². The Labute approximate surface area is 163 Å². The molecule has 160 valence electrons. The van der Waals surface area contributed by atoms with Gasteiger partial charge in [-0.3, -0.25) is 19.6 Å². The smallest absolute Gasteiger partial charge is 0.326 e. The van der Waals surface area contributed by atoms with Crippen molar-refractivity contribution in [1.82, 2.24) is 10.2 Å². The van der Waals surface area contributed by atoms with Crippen molar-refractivity contribution >= 4 is 29.7 Å². The van der Waals surface area contributed by atoms with E-state index in [2.05, 4.69) is 15.3 Å². The number of aliphatic imine (C=N–C) groups is 2. The van der Waals surface area contributed by atoms with Crippen molar-refractivity contribution in [3.63, 3.8) is 0 Å². The molecular formula is C15H31N9O4. The molecule has 0 spiro atoms. The molecule has 0 aliphatic carbocycles. The average molecular weight is 401 g/mol. The third-order valence-corrected chi connectivity index (χ3v) is 3.62. The van der Waals surface area contributed by atoms with Crippen LogP contribution < -0.4 is 34.0 Å². The number of guanidine groups is 2. The lowest BCUT2D eigenvalue weighted by Crippen LogP contribution is -2.49. The van der Waals surface area contributed by atoms with E-state index in [1.807, 2.05) is 0 Å². The number of rotatable bonds is 13. The zero-order valence-electron chi connectivity index (χ0n) is 16.0. The second kappa shape index (κ2) is 13.1. The van der Waals surface area contributed by atoms with Gasteiger partial charge >= 0.3 is 5.97 Å².